The van der Waals surface area contributed by atoms with Crippen LogP contribution >= 0.6 is 0 Å². The molecule has 4 heteroatoms. The molecule has 0 N–H and O–H groups in total. The van der Waals surface area contributed by atoms with Crippen molar-refractivity contribution in [2.45, 2.75) is 168 Å². The van der Waals surface area contributed by atoms with Crippen LogP contribution in [0.4, 0.5) is 0 Å². The summed E-state index contributed by atoms with van der Waals surface area (Å²) in [5, 5.41) is 0. The van der Waals surface area contributed by atoms with E-state index in [0.717, 1.165) is 13.0 Å². The summed E-state index contributed by atoms with van der Waals surface area (Å²) in [5.41, 5.74) is 0.416. The molecule has 0 aromatic carbocycles. The Bertz CT molecular complexity index is 491. The summed E-state index contributed by atoms with van der Waals surface area (Å²) >= 11 is 0. The predicted molar refractivity (Wildman–Crippen MR) is 164 cm³/mol. The van der Waals surface area contributed by atoms with Crippen LogP contribution in [0.5, 0.6) is 0 Å². The van der Waals surface area contributed by atoms with Crippen LogP contribution in [0.2, 0.25) is 0 Å². The van der Waals surface area contributed by atoms with E-state index in [-0.39, 0.29) is 12.6 Å². The Kier molecular flexibility index (Phi) is 31.6. The first-order valence-corrected chi connectivity index (χ1v) is 16.7. The zero-order valence-electron chi connectivity index (χ0n) is 25.8. The minimum Gasteiger partial charge on any atom is -0.460 e. The van der Waals surface area contributed by atoms with Crippen molar-refractivity contribution < 1.29 is 19.0 Å². The summed E-state index contributed by atoms with van der Waals surface area (Å²) in [6.45, 7) is 10.1. The first-order valence-electron chi connectivity index (χ1n) is 16.7. The fourth-order valence-electron chi connectivity index (χ4n) is 4.80. The third kappa shape index (κ3) is 31.3. The fraction of sp³-hybridized carbons (Fsp3) is 0.912. The van der Waals surface area contributed by atoms with E-state index >= 15 is 0 Å². The van der Waals surface area contributed by atoms with E-state index in [1.54, 1.807) is 6.92 Å². The van der Waals surface area contributed by atoms with Gasteiger partial charge in [-0.2, -0.15) is 0 Å². The summed E-state index contributed by atoms with van der Waals surface area (Å²) in [7, 11) is 0. The fourth-order valence-corrected chi connectivity index (χ4v) is 4.80. The molecule has 0 amide bonds. The molecule has 0 unspecified atom stereocenters. The molecule has 0 atom stereocenters. The molecule has 0 bridgehead atoms. The topological polar surface area (TPSA) is 44.8 Å². The molecule has 0 saturated carbocycles. The molecule has 38 heavy (non-hydrogen) atoms. The van der Waals surface area contributed by atoms with Crippen LogP contribution in [0.15, 0.2) is 12.2 Å². The molecule has 0 aliphatic rings. The second-order valence-corrected chi connectivity index (χ2v) is 11.3. The molecule has 0 saturated heterocycles. The molecule has 0 radical (unpaired) electrons. The van der Waals surface area contributed by atoms with E-state index in [2.05, 4.69) is 13.5 Å². The number of unbranched alkanes of at least 4 members (excludes halogenated alkanes) is 23. The Balaban J connectivity index is 3.06. The molecule has 0 aromatic heterocycles. The molecular weight excluding hydrogens is 472 g/mol. The van der Waals surface area contributed by atoms with E-state index in [0.29, 0.717) is 25.4 Å². The molecule has 4 nitrogen and oxygen atoms in total. The average molecular weight is 539 g/mol. The van der Waals surface area contributed by atoms with Gasteiger partial charge in [-0.15, -0.1) is 0 Å². The van der Waals surface area contributed by atoms with Gasteiger partial charge < -0.3 is 14.2 Å². The Labute approximate surface area is 238 Å². The van der Waals surface area contributed by atoms with Gasteiger partial charge in [0.25, 0.3) is 0 Å². The van der Waals surface area contributed by atoms with Gasteiger partial charge in [-0.3, -0.25) is 0 Å². The minimum absolute atomic E-state index is 0.269. The Hall–Kier alpha value is -0.870. The van der Waals surface area contributed by atoms with Gasteiger partial charge in [-0.1, -0.05) is 161 Å². The smallest absolute Gasteiger partial charge is 0.333 e. The monoisotopic (exact) mass is 538 g/mol. The lowest BCUT2D eigenvalue weighted by atomic mass is 10.0. The predicted octanol–water partition coefficient (Wildman–Crippen LogP) is 10.5. The van der Waals surface area contributed by atoms with Crippen LogP contribution in [0.1, 0.15) is 168 Å². The van der Waals surface area contributed by atoms with Crippen LogP contribution in [0, 0.1) is 0 Å². The van der Waals surface area contributed by atoms with E-state index in [4.69, 9.17) is 14.2 Å². The first kappa shape index (κ1) is 37.1. The molecule has 0 aromatic rings. The quantitative estimate of drug-likeness (QED) is 0.0485. The highest BCUT2D eigenvalue weighted by Gasteiger charge is 2.02. The van der Waals surface area contributed by atoms with Gasteiger partial charge in [0.2, 0.25) is 0 Å². The zero-order chi connectivity index (χ0) is 27.8. The third-order valence-corrected chi connectivity index (χ3v) is 7.32. The molecule has 0 rings (SSSR count). The molecule has 0 spiro atoms. The summed E-state index contributed by atoms with van der Waals surface area (Å²) in [6, 6.07) is 0. The van der Waals surface area contributed by atoms with Gasteiger partial charge in [0, 0.05) is 12.2 Å². The zero-order valence-corrected chi connectivity index (χ0v) is 25.8. The molecule has 0 aliphatic carbocycles. The lowest BCUT2D eigenvalue weighted by Crippen LogP contribution is -2.13. The van der Waals surface area contributed by atoms with E-state index in [1.807, 2.05) is 0 Å². The van der Waals surface area contributed by atoms with Gasteiger partial charge in [0.15, 0.2) is 0 Å². The maximum atomic E-state index is 11.2. The third-order valence-electron chi connectivity index (χ3n) is 7.32. The number of esters is 1. The van der Waals surface area contributed by atoms with Crippen LogP contribution in [0.25, 0.3) is 0 Å². The number of carbonyl (C=O) groups is 1. The molecular formula is C34H66O4. The van der Waals surface area contributed by atoms with Gasteiger partial charge in [0.05, 0.1) is 19.8 Å². The van der Waals surface area contributed by atoms with Crippen molar-refractivity contribution in [3.63, 3.8) is 0 Å². The maximum Gasteiger partial charge on any atom is 0.333 e. The van der Waals surface area contributed by atoms with Crippen molar-refractivity contribution >= 4 is 5.97 Å². The second-order valence-electron chi connectivity index (χ2n) is 11.3. The standard InChI is InChI=1S/C34H66O4/c1-4-5-6-7-8-9-10-11-12-13-14-15-16-17-18-19-20-21-22-23-24-25-26-27-28-36-29-30-37-31-32-38-34(35)33(2)3/h2,4-32H2,1,3H3. The van der Waals surface area contributed by atoms with Crippen LogP contribution < -0.4 is 0 Å². The molecule has 0 fully saturated rings. The van der Waals surface area contributed by atoms with Crippen LogP contribution in [-0.2, 0) is 19.0 Å². The van der Waals surface area contributed by atoms with E-state index in [9.17, 15) is 4.79 Å². The molecule has 226 valence electrons. The van der Waals surface area contributed by atoms with Crippen molar-refractivity contribution in [3.8, 4) is 0 Å². The van der Waals surface area contributed by atoms with Crippen molar-refractivity contribution in [1.82, 2.24) is 0 Å². The highest BCUT2D eigenvalue weighted by atomic mass is 16.6. The maximum absolute atomic E-state index is 11.2. The lowest BCUT2D eigenvalue weighted by Gasteiger charge is -2.07. The highest BCUT2D eigenvalue weighted by molar-refractivity contribution is 5.86. The minimum atomic E-state index is -0.361. The Morgan fingerprint density at radius 3 is 1.08 bits per heavy atom. The molecule has 0 aliphatic heterocycles. The average Bonchev–Trinajstić information content (AvgIpc) is 2.91. The number of carbonyl (C=O) groups excluding carboxylic acids is 1. The molecule has 0 heterocycles. The number of rotatable bonds is 32. The Morgan fingerprint density at radius 1 is 0.447 bits per heavy atom. The van der Waals surface area contributed by atoms with Crippen molar-refractivity contribution in [2.75, 3.05) is 33.0 Å². The number of hydrogen-bond acceptors (Lipinski definition) is 4. The normalized spacial score (nSPS) is 11.2. The van der Waals surface area contributed by atoms with Gasteiger partial charge in [0.1, 0.15) is 6.61 Å². The van der Waals surface area contributed by atoms with Crippen LogP contribution in [0.3, 0.4) is 0 Å². The highest BCUT2D eigenvalue weighted by Crippen LogP contribution is 2.15. The van der Waals surface area contributed by atoms with E-state index < -0.39 is 0 Å². The van der Waals surface area contributed by atoms with Crippen LogP contribution in [-0.4, -0.2) is 39.0 Å². The van der Waals surface area contributed by atoms with Crippen molar-refractivity contribution in [1.29, 1.82) is 0 Å². The van der Waals surface area contributed by atoms with Crippen molar-refractivity contribution in [3.05, 3.63) is 12.2 Å². The first-order chi connectivity index (χ1) is 18.7. The largest absolute Gasteiger partial charge is 0.460 e. The number of ether oxygens (including phenoxy) is 3. The van der Waals surface area contributed by atoms with Gasteiger partial charge in [-0.05, 0) is 13.3 Å². The SMILES string of the molecule is C=C(C)C(=O)OCCOCCOCCCCCCCCCCCCCCCCCCCCCCCCCC. The summed E-state index contributed by atoms with van der Waals surface area (Å²) in [4.78, 5) is 11.2. The van der Waals surface area contributed by atoms with Gasteiger partial charge >= 0.3 is 5.97 Å². The lowest BCUT2D eigenvalue weighted by molar-refractivity contribution is -0.140. The summed E-state index contributed by atoms with van der Waals surface area (Å²) < 4.78 is 16.0. The number of hydrogen-bond donors (Lipinski definition) is 0. The summed E-state index contributed by atoms with van der Waals surface area (Å²) in [5.74, 6) is -0.361. The van der Waals surface area contributed by atoms with Crippen molar-refractivity contribution in [2.24, 2.45) is 0 Å². The second kappa shape index (κ2) is 32.3. The van der Waals surface area contributed by atoms with Gasteiger partial charge in [-0.25, -0.2) is 4.79 Å². The summed E-state index contributed by atoms with van der Waals surface area (Å²) in [6.07, 6.45) is 34.0. The van der Waals surface area contributed by atoms with E-state index in [1.165, 1.54) is 148 Å². The Morgan fingerprint density at radius 2 is 0.737 bits per heavy atom.